The van der Waals surface area contributed by atoms with Gasteiger partial charge >= 0.3 is 0 Å². The van der Waals surface area contributed by atoms with Crippen LogP contribution in [0.3, 0.4) is 0 Å². The molecule has 3 N–H and O–H groups in total. The van der Waals surface area contributed by atoms with Crippen molar-refractivity contribution in [3.05, 3.63) is 46.2 Å². The van der Waals surface area contributed by atoms with E-state index in [9.17, 15) is 14.7 Å². The predicted octanol–water partition coefficient (Wildman–Crippen LogP) is 0.758. The van der Waals surface area contributed by atoms with Crippen molar-refractivity contribution in [3.63, 3.8) is 0 Å². The zero-order chi connectivity index (χ0) is 18.7. The van der Waals surface area contributed by atoms with Gasteiger partial charge in [-0.25, -0.2) is 0 Å². The zero-order valence-corrected chi connectivity index (χ0v) is 14.9. The summed E-state index contributed by atoms with van der Waals surface area (Å²) in [6, 6.07) is 6.86. The summed E-state index contributed by atoms with van der Waals surface area (Å²) >= 11 is 6.08. The Balaban J connectivity index is 1.57. The Kier molecular flexibility index (Phi) is 5.43. The lowest BCUT2D eigenvalue weighted by atomic mass is 10.2. The molecule has 1 aliphatic rings. The number of aromatic nitrogens is 2. The van der Waals surface area contributed by atoms with Crippen LogP contribution >= 0.6 is 11.6 Å². The van der Waals surface area contributed by atoms with Gasteiger partial charge in [0, 0.05) is 12.6 Å². The number of aliphatic hydroxyl groups excluding tert-OH is 1. The molecule has 0 unspecified atom stereocenters. The van der Waals surface area contributed by atoms with Gasteiger partial charge in [0.15, 0.2) is 5.69 Å². The number of para-hydroxylation sites is 1. The van der Waals surface area contributed by atoms with Gasteiger partial charge in [0.1, 0.15) is 18.1 Å². The van der Waals surface area contributed by atoms with Gasteiger partial charge in [-0.2, -0.15) is 5.10 Å². The predicted molar refractivity (Wildman–Crippen MR) is 94.6 cm³/mol. The minimum absolute atomic E-state index is 0.109. The van der Waals surface area contributed by atoms with Crippen LogP contribution in [0.4, 0.5) is 0 Å². The molecule has 9 heteroatoms. The summed E-state index contributed by atoms with van der Waals surface area (Å²) in [6.07, 6.45) is -0.747. The van der Waals surface area contributed by atoms with Gasteiger partial charge in [0.05, 0.1) is 24.2 Å². The number of β-amino-alcohol motifs (C(OH)–C–C–N with tert-alkyl or cyclic N) is 1. The Morgan fingerprint density at radius 3 is 3.12 bits per heavy atom. The lowest BCUT2D eigenvalue weighted by molar-refractivity contribution is 0.0931. The van der Waals surface area contributed by atoms with Crippen LogP contribution in [-0.2, 0) is 6.54 Å². The molecule has 2 amide bonds. The van der Waals surface area contributed by atoms with E-state index in [1.54, 1.807) is 6.07 Å². The molecule has 0 fully saturated rings. The van der Waals surface area contributed by atoms with Crippen LogP contribution in [0.15, 0.2) is 24.3 Å². The van der Waals surface area contributed by atoms with Crippen molar-refractivity contribution in [2.75, 3.05) is 19.7 Å². The number of carbonyl (C=O) groups is 2. The fraction of sp³-hybridized carbons (Fsp3) is 0.353. The molecule has 1 aliphatic heterocycles. The molecule has 0 radical (unpaired) electrons. The number of rotatable bonds is 5. The summed E-state index contributed by atoms with van der Waals surface area (Å²) in [5, 5.41) is 19.6. The van der Waals surface area contributed by atoms with Crippen LogP contribution in [0.5, 0.6) is 5.75 Å². The standard InChI is InChI=1S/C17H19ClN4O4/c1-10-3-2-4-12(18)15(10)26-6-5-19-16(24)13-7-14-17(25)20-8-11(23)9-22(14)21-13/h2-4,7,11,23H,5-6,8-9H2,1H3,(H,19,24)(H,20,25)/t11-/m0/s1. The zero-order valence-electron chi connectivity index (χ0n) is 14.2. The lowest BCUT2D eigenvalue weighted by Crippen LogP contribution is -2.30. The molecule has 0 spiro atoms. The fourth-order valence-corrected chi connectivity index (χ4v) is 2.90. The van der Waals surface area contributed by atoms with E-state index in [0.717, 1.165) is 5.56 Å². The second-order valence-corrected chi connectivity index (χ2v) is 6.36. The third-order valence-corrected chi connectivity index (χ3v) is 4.22. The molecule has 0 saturated carbocycles. The van der Waals surface area contributed by atoms with E-state index in [1.807, 2.05) is 19.1 Å². The normalized spacial score (nSPS) is 16.4. The average Bonchev–Trinajstić information content (AvgIpc) is 2.97. The number of aliphatic hydroxyl groups is 1. The van der Waals surface area contributed by atoms with Gasteiger partial charge in [-0.3, -0.25) is 14.3 Å². The summed E-state index contributed by atoms with van der Waals surface area (Å²) < 4.78 is 6.95. The van der Waals surface area contributed by atoms with E-state index in [0.29, 0.717) is 10.8 Å². The third kappa shape index (κ3) is 3.97. The maximum atomic E-state index is 12.2. The number of benzene rings is 1. The number of nitrogens with zero attached hydrogens (tertiary/aromatic N) is 2. The van der Waals surface area contributed by atoms with Crippen molar-refractivity contribution in [3.8, 4) is 5.75 Å². The quantitative estimate of drug-likeness (QED) is 0.666. The molecule has 1 aromatic heterocycles. The number of amides is 2. The second-order valence-electron chi connectivity index (χ2n) is 5.95. The molecule has 138 valence electrons. The summed E-state index contributed by atoms with van der Waals surface area (Å²) in [4.78, 5) is 24.1. The maximum absolute atomic E-state index is 12.2. The largest absolute Gasteiger partial charge is 0.490 e. The number of nitrogens with one attached hydrogen (secondary N) is 2. The highest BCUT2D eigenvalue weighted by atomic mass is 35.5. The Bertz CT molecular complexity index is 816. The Labute approximate surface area is 155 Å². The molecular formula is C17H19ClN4O4. The molecule has 1 atom stereocenters. The highest BCUT2D eigenvalue weighted by Crippen LogP contribution is 2.27. The molecule has 26 heavy (non-hydrogen) atoms. The maximum Gasteiger partial charge on any atom is 0.271 e. The first-order valence-electron chi connectivity index (χ1n) is 8.16. The smallest absolute Gasteiger partial charge is 0.271 e. The molecular weight excluding hydrogens is 360 g/mol. The Morgan fingerprint density at radius 2 is 2.35 bits per heavy atom. The average molecular weight is 379 g/mol. The first kappa shape index (κ1) is 18.2. The van der Waals surface area contributed by atoms with Gasteiger partial charge in [-0.15, -0.1) is 0 Å². The summed E-state index contributed by atoms with van der Waals surface area (Å²) in [5.41, 5.74) is 1.26. The summed E-state index contributed by atoms with van der Waals surface area (Å²) in [6.45, 7) is 2.68. The Hall–Kier alpha value is -2.58. The van der Waals surface area contributed by atoms with Gasteiger partial charge in [-0.05, 0) is 18.6 Å². The highest BCUT2D eigenvalue weighted by molar-refractivity contribution is 6.32. The van der Waals surface area contributed by atoms with Crippen molar-refractivity contribution in [1.29, 1.82) is 0 Å². The number of halogens is 1. The minimum Gasteiger partial charge on any atom is -0.490 e. The third-order valence-electron chi connectivity index (χ3n) is 3.93. The molecule has 0 saturated heterocycles. The second kappa shape index (κ2) is 7.76. The van der Waals surface area contributed by atoms with Gasteiger partial charge < -0.3 is 20.5 Å². The number of carbonyl (C=O) groups excluding carboxylic acids is 2. The van der Waals surface area contributed by atoms with Crippen LogP contribution in [-0.4, -0.2) is 52.5 Å². The van der Waals surface area contributed by atoms with E-state index >= 15 is 0 Å². The van der Waals surface area contributed by atoms with Gasteiger partial charge in [0.2, 0.25) is 0 Å². The van der Waals surface area contributed by atoms with Crippen molar-refractivity contribution in [2.24, 2.45) is 0 Å². The number of ether oxygens (including phenoxy) is 1. The first-order valence-corrected chi connectivity index (χ1v) is 8.53. The number of hydrogen-bond acceptors (Lipinski definition) is 5. The molecule has 0 aliphatic carbocycles. The number of fused-ring (bicyclic) bond motifs is 1. The summed E-state index contributed by atoms with van der Waals surface area (Å²) in [7, 11) is 0. The number of aryl methyl sites for hydroxylation is 1. The monoisotopic (exact) mass is 378 g/mol. The molecule has 2 aromatic rings. The summed E-state index contributed by atoms with van der Waals surface area (Å²) in [5.74, 6) is -0.208. The lowest BCUT2D eigenvalue weighted by Gasteiger charge is -2.11. The SMILES string of the molecule is Cc1cccc(Cl)c1OCCNC(=O)c1cc2n(n1)C[C@@H](O)CNC2=O. The van der Waals surface area contributed by atoms with Gasteiger partial charge in [0.25, 0.3) is 11.8 Å². The first-order chi connectivity index (χ1) is 12.5. The molecule has 0 bridgehead atoms. The van der Waals surface area contributed by atoms with E-state index < -0.39 is 12.0 Å². The van der Waals surface area contributed by atoms with E-state index in [-0.39, 0.29) is 43.5 Å². The van der Waals surface area contributed by atoms with Crippen molar-refractivity contribution in [1.82, 2.24) is 20.4 Å². The van der Waals surface area contributed by atoms with Gasteiger partial charge in [-0.1, -0.05) is 23.7 Å². The van der Waals surface area contributed by atoms with E-state index in [4.69, 9.17) is 16.3 Å². The van der Waals surface area contributed by atoms with Crippen LogP contribution < -0.4 is 15.4 Å². The van der Waals surface area contributed by atoms with Crippen molar-refractivity contribution >= 4 is 23.4 Å². The van der Waals surface area contributed by atoms with Crippen LogP contribution in [0.2, 0.25) is 5.02 Å². The van der Waals surface area contributed by atoms with E-state index in [1.165, 1.54) is 10.7 Å². The van der Waals surface area contributed by atoms with E-state index in [2.05, 4.69) is 15.7 Å². The fourth-order valence-electron chi connectivity index (χ4n) is 2.62. The minimum atomic E-state index is -0.747. The van der Waals surface area contributed by atoms with Crippen LogP contribution in [0, 0.1) is 6.92 Å². The Morgan fingerprint density at radius 1 is 1.54 bits per heavy atom. The highest BCUT2D eigenvalue weighted by Gasteiger charge is 2.24. The number of hydrogen-bond donors (Lipinski definition) is 3. The molecule has 2 heterocycles. The molecule has 3 rings (SSSR count). The topological polar surface area (TPSA) is 105 Å². The van der Waals surface area contributed by atoms with Crippen LogP contribution in [0.25, 0.3) is 0 Å². The van der Waals surface area contributed by atoms with Crippen molar-refractivity contribution in [2.45, 2.75) is 19.6 Å². The van der Waals surface area contributed by atoms with Crippen LogP contribution in [0.1, 0.15) is 26.5 Å². The van der Waals surface area contributed by atoms with Crippen molar-refractivity contribution < 1.29 is 19.4 Å². The molecule has 1 aromatic carbocycles. The molecule has 8 nitrogen and oxygen atoms in total.